The molecule has 1 N–H and O–H groups in total. The van der Waals surface area contributed by atoms with Crippen LogP contribution in [0, 0.1) is 0 Å². The third kappa shape index (κ3) is 2.85. The van der Waals surface area contributed by atoms with E-state index in [1.165, 1.54) is 5.69 Å². The van der Waals surface area contributed by atoms with Crippen molar-refractivity contribution in [2.45, 2.75) is 25.3 Å². The van der Waals surface area contributed by atoms with Crippen molar-refractivity contribution in [1.29, 1.82) is 0 Å². The molecule has 1 fully saturated rings. The monoisotopic (exact) mass is 236 g/mol. The van der Waals surface area contributed by atoms with Crippen molar-refractivity contribution in [2.75, 3.05) is 27.2 Å². The summed E-state index contributed by atoms with van der Waals surface area (Å²) in [6.45, 7) is 2.50. The van der Waals surface area contributed by atoms with Gasteiger partial charge in [-0.3, -0.25) is 4.79 Å². The molecule has 1 aliphatic heterocycles. The van der Waals surface area contributed by atoms with Gasteiger partial charge in [-0.1, -0.05) is 0 Å². The zero-order valence-corrected chi connectivity index (χ0v) is 10.5. The van der Waals surface area contributed by atoms with Crippen molar-refractivity contribution in [3.63, 3.8) is 0 Å². The van der Waals surface area contributed by atoms with Crippen LogP contribution in [-0.2, 0) is 11.3 Å². The van der Waals surface area contributed by atoms with Crippen LogP contribution >= 0.6 is 0 Å². The highest BCUT2D eigenvalue weighted by atomic mass is 16.2. The molecular weight excluding hydrogens is 216 g/mol. The zero-order valence-electron chi connectivity index (χ0n) is 10.5. The molecule has 17 heavy (non-hydrogen) atoms. The predicted octanol–water partition coefficient (Wildman–Crippen LogP) is 0.438. The molecule has 0 atom stereocenters. The largest absolute Gasteiger partial charge is 0.347 e. The normalized spacial score (nSPS) is 17.1. The molecule has 5 heteroatoms. The molecule has 2 rings (SSSR count). The van der Waals surface area contributed by atoms with Gasteiger partial charge in [-0.05, 0) is 25.9 Å². The Labute approximate surface area is 102 Å². The Morgan fingerprint density at radius 1 is 1.53 bits per heavy atom. The second-order valence-corrected chi connectivity index (χ2v) is 4.76. The quantitative estimate of drug-likeness (QED) is 0.828. The third-order valence-electron chi connectivity index (χ3n) is 3.31. The van der Waals surface area contributed by atoms with Gasteiger partial charge in [0, 0.05) is 31.9 Å². The van der Waals surface area contributed by atoms with Crippen LogP contribution in [-0.4, -0.2) is 47.5 Å². The summed E-state index contributed by atoms with van der Waals surface area (Å²) in [6, 6.07) is 0. The van der Waals surface area contributed by atoms with Crippen LogP contribution in [0.25, 0.3) is 0 Å². The number of nitrogens with one attached hydrogen (secondary N) is 1. The van der Waals surface area contributed by atoms with Gasteiger partial charge in [0.05, 0.1) is 6.33 Å². The minimum atomic E-state index is 0.109. The summed E-state index contributed by atoms with van der Waals surface area (Å²) in [5.74, 6) is 0.645. The lowest BCUT2D eigenvalue weighted by molar-refractivity contribution is -0.129. The maximum atomic E-state index is 11.7. The van der Waals surface area contributed by atoms with Gasteiger partial charge >= 0.3 is 0 Å². The lowest BCUT2D eigenvalue weighted by Crippen LogP contribution is -2.30. The molecule has 1 amide bonds. The number of rotatable bonds is 3. The number of carbonyl (C=O) groups is 1. The second kappa shape index (κ2) is 5.31. The Hall–Kier alpha value is -1.36. The number of hydrogen-bond donors (Lipinski definition) is 1. The van der Waals surface area contributed by atoms with Crippen molar-refractivity contribution < 1.29 is 4.79 Å². The number of amides is 1. The van der Waals surface area contributed by atoms with E-state index in [1.807, 2.05) is 10.8 Å². The van der Waals surface area contributed by atoms with Crippen LogP contribution < -0.4 is 5.32 Å². The lowest BCUT2D eigenvalue weighted by Gasteiger charge is -2.23. The molecule has 0 saturated carbocycles. The fourth-order valence-electron chi connectivity index (χ4n) is 2.21. The van der Waals surface area contributed by atoms with Crippen LogP contribution in [0.15, 0.2) is 12.5 Å². The molecule has 0 bridgehead atoms. The van der Waals surface area contributed by atoms with E-state index in [4.69, 9.17) is 0 Å². The molecule has 2 heterocycles. The van der Waals surface area contributed by atoms with Crippen molar-refractivity contribution in [3.05, 3.63) is 18.2 Å². The van der Waals surface area contributed by atoms with Gasteiger partial charge in [-0.2, -0.15) is 0 Å². The molecule has 0 aliphatic carbocycles. The maximum Gasteiger partial charge on any atom is 0.242 e. The van der Waals surface area contributed by atoms with E-state index in [1.54, 1.807) is 25.3 Å². The molecule has 5 nitrogen and oxygen atoms in total. The fraction of sp³-hybridized carbons (Fsp3) is 0.667. The van der Waals surface area contributed by atoms with Crippen LogP contribution in [0.1, 0.15) is 24.5 Å². The molecule has 0 unspecified atom stereocenters. The second-order valence-electron chi connectivity index (χ2n) is 4.76. The Morgan fingerprint density at radius 3 is 2.88 bits per heavy atom. The van der Waals surface area contributed by atoms with Crippen LogP contribution in [0.4, 0.5) is 0 Å². The Balaban J connectivity index is 2.08. The number of nitrogens with zero attached hydrogens (tertiary/aromatic N) is 3. The Morgan fingerprint density at radius 2 is 2.24 bits per heavy atom. The van der Waals surface area contributed by atoms with Gasteiger partial charge in [0.15, 0.2) is 0 Å². The fourth-order valence-corrected chi connectivity index (χ4v) is 2.21. The van der Waals surface area contributed by atoms with Crippen molar-refractivity contribution in [1.82, 2.24) is 19.8 Å². The van der Waals surface area contributed by atoms with Gasteiger partial charge in [0.1, 0.15) is 6.54 Å². The highest BCUT2D eigenvalue weighted by Gasteiger charge is 2.19. The van der Waals surface area contributed by atoms with Gasteiger partial charge in [-0.25, -0.2) is 4.98 Å². The molecule has 1 saturated heterocycles. The highest BCUT2D eigenvalue weighted by Crippen LogP contribution is 2.24. The van der Waals surface area contributed by atoms with E-state index in [0.29, 0.717) is 12.5 Å². The SMILES string of the molecule is CN(C)C(=O)Cn1cncc1C1CCNCC1. The average Bonchev–Trinajstić information content (AvgIpc) is 2.78. The first kappa shape index (κ1) is 12.1. The Bertz CT molecular complexity index is 380. The zero-order chi connectivity index (χ0) is 12.3. The van der Waals surface area contributed by atoms with Crippen LogP contribution in [0.2, 0.25) is 0 Å². The minimum Gasteiger partial charge on any atom is -0.347 e. The molecule has 1 aromatic heterocycles. The number of carbonyl (C=O) groups excluding carboxylic acids is 1. The number of imidazole rings is 1. The van der Waals surface area contributed by atoms with Crippen molar-refractivity contribution in [2.24, 2.45) is 0 Å². The number of piperidine rings is 1. The summed E-state index contributed by atoms with van der Waals surface area (Å²) in [6.07, 6.45) is 5.92. The number of aromatic nitrogens is 2. The van der Waals surface area contributed by atoms with E-state index in [9.17, 15) is 4.79 Å². The molecule has 0 aromatic carbocycles. The third-order valence-corrected chi connectivity index (χ3v) is 3.31. The first-order chi connectivity index (χ1) is 8.18. The smallest absolute Gasteiger partial charge is 0.242 e. The van der Waals surface area contributed by atoms with Crippen LogP contribution in [0.3, 0.4) is 0 Å². The topological polar surface area (TPSA) is 50.2 Å². The first-order valence-corrected chi connectivity index (χ1v) is 6.09. The standard InChI is InChI=1S/C12H20N4O/c1-15(2)12(17)8-16-9-14-7-11(16)10-3-5-13-6-4-10/h7,9-10,13H,3-6,8H2,1-2H3. The summed E-state index contributed by atoms with van der Waals surface area (Å²) < 4.78 is 1.98. The molecule has 0 spiro atoms. The summed E-state index contributed by atoms with van der Waals surface area (Å²) in [5.41, 5.74) is 1.20. The van der Waals surface area contributed by atoms with Crippen LogP contribution in [0.5, 0.6) is 0 Å². The van der Waals surface area contributed by atoms with Gasteiger partial charge in [0.25, 0.3) is 0 Å². The van der Waals surface area contributed by atoms with Crippen molar-refractivity contribution >= 4 is 5.91 Å². The number of likely N-dealkylation sites (N-methyl/N-ethyl adjacent to an activating group) is 1. The van der Waals surface area contributed by atoms with E-state index in [-0.39, 0.29) is 5.91 Å². The lowest BCUT2D eigenvalue weighted by atomic mass is 9.95. The average molecular weight is 236 g/mol. The molecule has 94 valence electrons. The van der Waals surface area contributed by atoms with Gasteiger partial charge in [0.2, 0.25) is 5.91 Å². The summed E-state index contributed by atoms with van der Waals surface area (Å²) >= 11 is 0. The van der Waals surface area contributed by atoms with E-state index >= 15 is 0 Å². The summed E-state index contributed by atoms with van der Waals surface area (Å²) in [4.78, 5) is 17.5. The van der Waals surface area contributed by atoms with Gasteiger partial charge in [-0.15, -0.1) is 0 Å². The predicted molar refractivity (Wildman–Crippen MR) is 65.8 cm³/mol. The van der Waals surface area contributed by atoms with Crippen molar-refractivity contribution in [3.8, 4) is 0 Å². The minimum absolute atomic E-state index is 0.109. The number of hydrogen-bond acceptors (Lipinski definition) is 3. The van der Waals surface area contributed by atoms with Gasteiger partial charge < -0.3 is 14.8 Å². The summed E-state index contributed by atoms with van der Waals surface area (Å²) in [7, 11) is 3.56. The molecular formula is C12H20N4O. The van der Waals surface area contributed by atoms with E-state index in [0.717, 1.165) is 25.9 Å². The van der Waals surface area contributed by atoms with E-state index in [2.05, 4.69) is 10.3 Å². The molecule has 1 aromatic rings. The molecule has 0 radical (unpaired) electrons. The first-order valence-electron chi connectivity index (χ1n) is 6.09. The Kier molecular flexibility index (Phi) is 3.78. The highest BCUT2D eigenvalue weighted by molar-refractivity contribution is 5.75. The summed E-state index contributed by atoms with van der Waals surface area (Å²) in [5, 5.41) is 3.35. The molecule has 1 aliphatic rings. The maximum absolute atomic E-state index is 11.7. The van der Waals surface area contributed by atoms with E-state index < -0.39 is 0 Å².